The predicted molar refractivity (Wildman–Crippen MR) is 50.8 cm³/mol. The van der Waals surface area contributed by atoms with E-state index in [1.165, 1.54) is 12.8 Å². The van der Waals surface area contributed by atoms with Gasteiger partial charge in [0.05, 0.1) is 0 Å². The van der Waals surface area contributed by atoms with E-state index in [2.05, 4.69) is 10.6 Å². The maximum atomic E-state index is 11.2. The van der Waals surface area contributed by atoms with Crippen LogP contribution in [0.25, 0.3) is 0 Å². The molecule has 2 fully saturated rings. The van der Waals surface area contributed by atoms with Gasteiger partial charge in [0.25, 0.3) is 0 Å². The van der Waals surface area contributed by atoms with Gasteiger partial charge in [-0.05, 0) is 25.8 Å². The molecule has 1 unspecified atom stereocenters. The average molecular weight is 197 g/mol. The molecule has 14 heavy (non-hydrogen) atoms. The third-order valence-electron chi connectivity index (χ3n) is 2.78. The molecule has 0 bridgehead atoms. The predicted octanol–water partition coefficient (Wildman–Crippen LogP) is -0.320. The highest BCUT2D eigenvalue weighted by Crippen LogP contribution is 2.10. The first-order chi connectivity index (χ1) is 6.75. The maximum absolute atomic E-state index is 11.2. The van der Waals surface area contributed by atoms with E-state index >= 15 is 0 Å². The normalized spacial score (nSPS) is 27.1. The van der Waals surface area contributed by atoms with Crippen molar-refractivity contribution in [3.05, 3.63) is 0 Å². The molecule has 1 atom stereocenters. The van der Waals surface area contributed by atoms with E-state index in [9.17, 15) is 9.59 Å². The summed E-state index contributed by atoms with van der Waals surface area (Å²) < 4.78 is 0. The van der Waals surface area contributed by atoms with Crippen LogP contribution in [0.1, 0.15) is 19.3 Å². The van der Waals surface area contributed by atoms with Crippen LogP contribution in [0.5, 0.6) is 0 Å². The van der Waals surface area contributed by atoms with E-state index in [-0.39, 0.29) is 18.5 Å². The first-order valence-electron chi connectivity index (χ1n) is 5.08. The van der Waals surface area contributed by atoms with Crippen molar-refractivity contribution in [1.82, 2.24) is 15.5 Å². The molecule has 2 rings (SSSR count). The SMILES string of the molecule is O=C1CN(CCC2CCCN2)C(=O)N1. The second kappa shape index (κ2) is 3.96. The van der Waals surface area contributed by atoms with Gasteiger partial charge < -0.3 is 10.2 Å². The minimum Gasteiger partial charge on any atom is -0.315 e. The van der Waals surface area contributed by atoms with Crippen molar-refractivity contribution in [2.24, 2.45) is 0 Å². The smallest absolute Gasteiger partial charge is 0.315 e. The van der Waals surface area contributed by atoms with Crippen LogP contribution in [-0.2, 0) is 4.79 Å². The number of hydrogen-bond acceptors (Lipinski definition) is 3. The zero-order chi connectivity index (χ0) is 9.97. The van der Waals surface area contributed by atoms with E-state index < -0.39 is 0 Å². The number of carbonyl (C=O) groups excluding carboxylic acids is 2. The van der Waals surface area contributed by atoms with Crippen LogP contribution in [0.15, 0.2) is 0 Å². The highest BCUT2D eigenvalue weighted by molar-refractivity contribution is 6.01. The third-order valence-corrected chi connectivity index (χ3v) is 2.78. The molecule has 5 nitrogen and oxygen atoms in total. The van der Waals surface area contributed by atoms with Crippen molar-refractivity contribution in [1.29, 1.82) is 0 Å². The molecule has 3 amide bonds. The summed E-state index contributed by atoms with van der Waals surface area (Å²) in [5.41, 5.74) is 0. The van der Waals surface area contributed by atoms with Crippen LogP contribution in [0.2, 0.25) is 0 Å². The second-order valence-corrected chi connectivity index (χ2v) is 3.86. The zero-order valence-corrected chi connectivity index (χ0v) is 8.08. The van der Waals surface area contributed by atoms with E-state index in [1.807, 2.05) is 0 Å². The summed E-state index contributed by atoms with van der Waals surface area (Å²) in [7, 11) is 0. The Labute approximate surface area is 82.8 Å². The van der Waals surface area contributed by atoms with Gasteiger partial charge in [-0.1, -0.05) is 0 Å². The fraction of sp³-hybridized carbons (Fsp3) is 0.778. The number of hydrogen-bond donors (Lipinski definition) is 2. The fourth-order valence-corrected chi connectivity index (χ4v) is 1.98. The number of amides is 3. The topological polar surface area (TPSA) is 61.4 Å². The summed E-state index contributed by atoms with van der Waals surface area (Å²) in [5.74, 6) is -0.186. The molecule has 0 radical (unpaired) electrons. The van der Waals surface area contributed by atoms with Gasteiger partial charge in [-0.25, -0.2) is 4.79 Å². The standard InChI is InChI=1S/C9H15N3O2/c13-8-6-12(9(14)11-8)5-3-7-2-1-4-10-7/h7,10H,1-6H2,(H,11,13,14). The Kier molecular flexibility index (Phi) is 2.67. The number of imide groups is 1. The third kappa shape index (κ3) is 2.04. The molecule has 2 N–H and O–H groups in total. The summed E-state index contributed by atoms with van der Waals surface area (Å²) in [6, 6.07) is 0.284. The number of carbonyl (C=O) groups is 2. The molecule has 2 aliphatic rings. The van der Waals surface area contributed by atoms with E-state index in [0.717, 1.165) is 13.0 Å². The molecule has 2 aliphatic heterocycles. The van der Waals surface area contributed by atoms with Gasteiger partial charge in [0.15, 0.2) is 0 Å². The van der Waals surface area contributed by atoms with Crippen LogP contribution >= 0.6 is 0 Å². The largest absolute Gasteiger partial charge is 0.324 e. The van der Waals surface area contributed by atoms with Gasteiger partial charge >= 0.3 is 6.03 Å². The Morgan fingerprint density at radius 1 is 1.43 bits per heavy atom. The molecule has 0 saturated carbocycles. The van der Waals surface area contributed by atoms with E-state index in [4.69, 9.17) is 0 Å². The molecule has 78 valence electrons. The monoisotopic (exact) mass is 197 g/mol. The van der Waals surface area contributed by atoms with Crippen LogP contribution in [0.3, 0.4) is 0 Å². The highest BCUT2D eigenvalue weighted by Gasteiger charge is 2.27. The van der Waals surface area contributed by atoms with Crippen molar-refractivity contribution in [2.75, 3.05) is 19.6 Å². The number of nitrogens with one attached hydrogen (secondary N) is 2. The number of rotatable bonds is 3. The van der Waals surface area contributed by atoms with Crippen LogP contribution in [0, 0.1) is 0 Å². The van der Waals surface area contributed by atoms with Gasteiger partial charge in [-0.2, -0.15) is 0 Å². The van der Waals surface area contributed by atoms with Crippen molar-refractivity contribution in [3.8, 4) is 0 Å². The molecule has 2 saturated heterocycles. The van der Waals surface area contributed by atoms with E-state index in [0.29, 0.717) is 12.6 Å². The number of urea groups is 1. The molecule has 0 aliphatic carbocycles. The summed E-state index contributed by atoms with van der Waals surface area (Å²) in [6.07, 6.45) is 3.35. The van der Waals surface area contributed by atoms with Gasteiger partial charge in [0.1, 0.15) is 6.54 Å². The molecular formula is C9H15N3O2. The fourth-order valence-electron chi connectivity index (χ4n) is 1.98. The minimum atomic E-state index is -0.243. The lowest BCUT2D eigenvalue weighted by Crippen LogP contribution is -2.33. The lowest BCUT2D eigenvalue weighted by Gasteiger charge is -2.16. The van der Waals surface area contributed by atoms with Gasteiger partial charge in [-0.15, -0.1) is 0 Å². The van der Waals surface area contributed by atoms with E-state index in [1.54, 1.807) is 4.90 Å². The summed E-state index contributed by atoms with van der Waals surface area (Å²) in [4.78, 5) is 23.6. The van der Waals surface area contributed by atoms with Crippen LogP contribution in [0.4, 0.5) is 4.79 Å². The zero-order valence-electron chi connectivity index (χ0n) is 8.08. The Bertz CT molecular complexity index is 248. The van der Waals surface area contributed by atoms with Gasteiger partial charge in [0, 0.05) is 12.6 Å². The Morgan fingerprint density at radius 3 is 2.86 bits per heavy atom. The summed E-state index contributed by atoms with van der Waals surface area (Å²) >= 11 is 0. The molecule has 0 spiro atoms. The first-order valence-corrected chi connectivity index (χ1v) is 5.08. The highest BCUT2D eigenvalue weighted by atomic mass is 16.2. The lowest BCUT2D eigenvalue weighted by molar-refractivity contribution is -0.118. The van der Waals surface area contributed by atoms with Crippen LogP contribution < -0.4 is 10.6 Å². The maximum Gasteiger partial charge on any atom is 0.324 e. The average Bonchev–Trinajstić information content (AvgIpc) is 2.72. The molecule has 2 heterocycles. The Balaban J connectivity index is 1.74. The van der Waals surface area contributed by atoms with Crippen molar-refractivity contribution < 1.29 is 9.59 Å². The molecule has 0 aromatic heterocycles. The Hall–Kier alpha value is -1.10. The Morgan fingerprint density at radius 2 is 2.29 bits per heavy atom. The molecule has 5 heteroatoms. The van der Waals surface area contributed by atoms with Crippen LogP contribution in [-0.4, -0.2) is 42.5 Å². The quantitative estimate of drug-likeness (QED) is 0.610. The summed E-state index contributed by atoms with van der Waals surface area (Å²) in [5, 5.41) is 5.63. The molecular weight excluding hydrogens is 182 g/mol. The van der Waals surface area contributed by atoms with Crippen molar-refractivity contribution in [3.63, 3.8) is 0 Å². The summed E-state index contributed by atoms with van der Waals surface area (Å²) in [6.45, 7) is 1.98. The van der Waals surface area contributed by atoms with Crippen molar-refractivity contribution >= 4 is 11.9 Å². The number of nitrogens with zero attached hydrogens (tertiary/aromatic N) is 1. The minimum absolute atomic E-state index is 0.186. The van der Waals surface area contributed by atoms with Gasteiger partial charge in [0.2, 0.25) is 5.91 Å². The first kappa shape index (κ1) is 9.45. The second-order valence-electron chi connectivity index (χ2n) is 3.86. The van der Waals surface area contributed by atoms with Gasteiger partial charge in [-0.3, -0.25) is 10.1 Å². The lowest BCUT2D eigenvalue weighted by atomic mass is 10.1. The molecule has 0 aromatic rings. The molecule has 0 aromatic carbocycles. The van der Waals surface area contributed by atoms with Crippen molar-refractivity contribution in [2.45, 2.75) is 25.3 Å².